The van der Waals surface area contributed by atoms with E-state index in [0.29, 0.717) is 29.5 Å². The molecule has 1 N–H and O–H groups in total. The molecular weight excluding hydrogens is 490 g/mol. The Balaban J connectivity index is 1.23. The van der Waals surface area contributed by atoms with E-state index in [9.17, 15) is 13.2 Å². The fourth-order valence-electron chi connectivity index (χ4n) is 5.10. The maximum Gasteiger partial charge on any atom is 0.243 e. The third-order valence-electron chi connectivity index (χ3n) is 6.79. The molecule has 1 saturated heterocycles. The molecule has 1 unspecified atom stereocenters. The van der Waals surface area contributed by atoms with Gasteiger partial charge in [0.25, 0.3) is 0 Å². The number of piperidine rings is 1. The number of amides is 1. The molecular formula is C25H22ClN3O3S2. The molecule has 1 amide bonds. The largest absolute Gasteiger partial charge is 0.302 e. The molecule has 9 heteroatoms. The number of rotatable bonds is 4. The van der Waals surface area contributed by atoms with Gasteiger partial charge in [0, 0.05) is 23.5 Å². The van der Waals surface area contributed by atoms with E-state index in [1.54, 1.807) is 12.1 Å². The molecule has 1 aliphatic heterocycles. The molecule has 6 nitrogen and oxygen atoms in total. The summed E-state index contributed by atoms with van der Waals surface area (Å²) in [5, 5.41) is 6.44. The molecule has 2 aliphatic rings. The standard InChI is InChI=1S/C25H22ClN3O3S2/c26-18-8-10-19(11-9-18)34(31,32)29-12-2-4-17(14-29)24(30)28-25-27-23-20-5-1-3-15-6-7-16(22(15)20)13-21(23)33-25/h1,3,5,8-11,13,17H,2,4,6-7,12,14H2,(H,27,28,30). The molecule has 34 heavy (non-hydrogen) atoms. The number of benzene rings is 3. The number of halogens is 1. The van der Waals surface area contributed by atoms with Crippen LogP contribution in [0.5, 0.6) is 0 Å². The Labute approximate surface area is 206 Å². The second-order valence-corrected chi connectivity index (χ2v) is 12.3. The quantitative estimate of drug-likeness (QED) is 0.406. The monoisotopic (exact) mass is 511 g/mol. The summed E-state index contributed by atoms with van der Waals surface area (Å²) in [4.78, 5) is 18.0. The summed E-state index contributed by atoms with van der Waals surface area (Å²) < 4.78 is 28.6. The fourth-order valence-corrected chi connectivity index (χ4v) is 7.70. The van der Waals surface area contributed by atoms with E-state index >= 15 is 0 Å². The zero-order valence-electron chi connectivity index (χ0n) is 18.3. The van der Waals surface area contributed by atoms with Crippen molar-refractivity contribution >= 4 is 65.0 Å². The van der Waals surface area contributed by atoms with E-state index < -0.39 is 15.9 Å². The third-order valence-corrected chi connectivity index (χ3v) is 9.83. The van der Waals surface area contributed by atoms with Gasteiger partial charge in [0.15, 0.2) is 5.13 Å². The van der Waals surface area contributed by atoms with Crippen molar-refractivity contribution in [1.29, 1.82) is 0 Å². The average molecular weight is 512 g/mol. The topological polar surface area (TPSA) is 79.4 Å². The van der Waals surface area contributed by atoms with Gasteiger partial charge in [-0.1, -0.05) is 41.1 Å². The van der Waals surface area contributed by atoms with Gasteiger partial charge in [-0.15, -0.1) is 0 Å². The highest BCUT2D eigenvalue weighted by Gasteiger charge is 2.33. The van der Waals surface area contributed by atoms with Crippen LogP contribution in [-0.2, 0) is 27.7 Å². The van der Waals surface area contributed by atoms with Gasteiger partial charge in [0.1, 0.15) is 0 Å². The van der Waals surface area contributed by atoms with E-state index in [-0.39, 0.29) is 17.3 Å². The van der Waals surface area contributed by atoms with Crippen LogP contribution < -0.4 is 5.32 Å². The first kappa shape index (κ1) is 22.0. The van der Waals surface area contributed by atoms with E-state index in [2.05, 4.69) is 29.6 Å². The van der Waals surface area contributed by atoms with Crippen LogP contribution in [0, 0.1) is 5.92 Å². The lowest BCUT2D eigenvalue weighted by Crippen LogP contribution is -2.43. The second-order valence-electron chi connectivity index (χ2n) is 8.89. The minimum atomic E-state index is -3.68. The van der Waals surface area contributed by atoms with Crippen LogP contribution in [0.15, 0.2) is 53.4 Å². The fraction of sp³-hybridized carbons (Fsp3) is 0.280. The van der Waals surface area contributed by atoms with E-state index in [4.69, 9.17) is 16.6 Å². The number of sulfonamides is 1. The minimum Gasteiger partial charge on any atom is -0.302 e. The van der Waals surface area contributed by atoms with Gasteiger partial charge in [-0.2, -0.15) is 4.31 Å². The first-order chi connectivity index (χ1) is 16.4. The maximum absolute atomic E-state index is 13.1. The number of carbonyl (C=O) groups is 1. The van der Waals surface area contributed by atoms with Crippen LogP contribution in [0.2, 0.25) is 5.02 Å². The number of nitrogens with one attached hydrogen (secondary N) is 1. The Morgan fingerprint density at radius 2 is 1.91 bits per heavy atom. The van der Waals surface area contributed by atoms with Gasteiger partial charge < -0.3 is 5.32 Å². The number of aromatic nitrogens is 1. The Bertz CT molecular complexity index is 1550. The van der Waals surface area contributed by atoms with Crippen LogP contribution in [0.1, 0.15) is 24.0 Å². The van der Waals surface area contributed by atoms with E-state index in [1.165, 1.54) is 44.3 Å². The Morgan fingerprint density at radius 1 is 1.12 bits per heavy atom. The lowest BCUT2D eigenvalue weighted by molar-refractivity contribution is -0.120. The number of thiazole rings is 1. The summed E-state index contributed by atoms with van der Waals surface area (Å²) in [5.74, 6) is -0.618. The summed E-state index contributed by atoms with van der Waals surface area (Å²) >= 11 is 7.38. The van der Waals surface area contributed by atoms with Crippen molar-refractivity contribution in [2.24, 2.45) is 5.92 Å². The molecule has 1 fully saturated rings. The van der Waals surface area contributed by atoms with Crippen LogP contribution in [0.25, 0.3) is 21.0 Å². The molecule has 0 bridgehead atoms. The smallest absolute Gasteiger partial charge is 0.243 e. The summed E-state index contributed by atoms with van der Waals surface area (Å²) in [7, 11) is -3.68. The highest BCUT2D eigenvalue weighted by Crippen LogP contribution is 2.39. The van der Waals surface area contributed by atoms with E-state index in [1.807, 2.05) is 0 Å². The molecule has 0 spiro atoms. The van der Waals surface area contributed by atoms with Crippen LogP contribution >= 0.6 is 22.9 Å². The average Bonchev–Trinajstić information content (AvgIpc) is 3.44. The number of fused-ring (bicyclic) bond motifs is 2. The normalized spacial score (nSPS) is 18.6. The highest BCUT2D eigenvalue weighted by molar-refractivity contribution is 7.89. The zero-order valence-corrected chi connectivity index (χ0v) is 20.6. The van der Waals surface area contributed by atoms with E-state index in [0.717, 1.165) is 28.4 Å². The lowest BCUT2D eigenvalue weighted by atomic mass is 9.99. The first-order valence-corrected chi connectivity index (χ1v) is 13.9. The van der Waals surface area contributed by atoms with Gasteiger partial charge in [-0.25, -0.2) is 13.4 Å². The molecule has 6 rings (SSSR count). The SMILES string of the molecule is O=C(Nc1nc2c(cc3c4c(cccc42)CC3)s1)C1CCCN(S(=O)(=O)c2ccc(Cl)cc2)C1. The predicted octanol–water partition coefficient (Wildman–Crippen LogP) is 5.24. The molecule has 1 aromatic heterocycles. The maximum atomic E-state index is 13.1. The van der Waals surface area contributed by atoms with Crippen molar-refractivity contribution in [3.63, 3.8) is 0 Å². The van der Waals surface area contributed by atoms with Crippen molar-refractivity contribution in [2.45, 2.75) is 30.6 Å². The van der Waals surface area contributed by atoms with Crippen molar-refractivity contribution in [3.8, 4) is 0 Å². The Hall–Kier alpha value is -2.52. The van der Waals surface area contributed by atoms with Gasteiger partial charge in [-0.05, 0) is 72.5 Å². The number of aryl methyl sites for hydroxylation is 2. The number of carbonyl (C=O) groups excluding carboxylic acids is 1. The minimum absolute atomic E-state index is 0.151. The van der Waals surface area contributed by atoms with Crippen molar-refractivity contribution in [3.05, 3.63) is 64.7 Å². The van der Waals surface area contributed by atoms with Gasteiger partial charge in [0.05, 0.1) is 21.0 Å². The molecule has 0 radical (unpaired) electrons. The van der Waals surface area contributed by atoms with Crippen molar-refractivity contribution < 1.29 is 13.2 Å². The molecule has 0 saturated carbocycles. The molecule has 2 heterocycles. The molecule has 4 aromatic rings. The Morgan fingerprint density at radius 3 is 2.74 bits per heavy atom. The van der Waals surface area contributed by atoms with Crippen LogP contribution in [0.4, 0.5) is 5.13 Å². The third kappa shape index (κ3) is 3.69. The predicted molar refractivity (Wildman–Crippen MR) is 136 cm³/mol. The summed E-state index contributed by atoms with van der Waals surface area (Å²) in [6.45, 7) is 0.547. The number of anilines is 1. The molecule has 3 aromatic carbocycles. The van der Waals surface area contributed by atoms with Crippen molar-refractivity contribution in [2.75, 3.05) is 18.4 Å². The van der Waals surface area contributed by atoms with Crippen LogP contribution in [-0.4, -0.2) is 36.7 Å². The molecule has 1 atom stereocenters. The summed E-state index contributed by atoms with van der Waals surface area (Å²) in [5.41, 5.74) is 3.62. The highest BCUT2D eigenvalue weighted by atomic mass is 35.5. The van der Waals surface area contributed by atoms with Gasteiger partial charge in [0.2, 0.25) is 15.9 Å². The number of hydrogen-bond acceptors (Lipinski definition) is 5. The second kappa shape index (κ2) is 8.30. The van der Waals surface area contributed by atoms with Gasteiger partial charge in [-0.3, -0.25) is 4.79 Å². The van der Waals surface area contributed by atoms with Crippen molar-refractivity contribution in [1.82, 2.24) is 9.29 Å². The zero-order chi connectivity index (χ0) is 23.4. The first-order valence-electron chi connectivity index (χ1n) is 11.3. The summed E-state index contributed by atoms with van der Waals surface area (Å²) in [6.07, 6.45) is 3.36. The molecule has 1 aliphatic carbocycles. The van der Waals surface area contributed by atoms with Gasteiger partial charge >= 0.3 is 0 Å². The number of nitrogens with zero attached hydrogens (tertiary/aromatic N) is 2. The summed E-state index contributed by atoms with van der Waals surface area (Å²) in [6, 6.07) is 14.7. The molecule has 174 valence electrons. The van der Waals surface area contributed by atoms with Crippen LogP contribution in [0.3, 0.4) is 0 Å². The lowest BCUT2D eigenvalue weighted by Gasteiger charge is -2.31. The number of hydrogen-bond donors (Lipinski definition) is 1. The Kier molecular flexibility index (Phi) is 5.37.